The number of hydrogen-bond donors (Lipinski definition) is 0. The molecule has 0 saturated carbocycles. The van der Waals surface area contributed by atoms with E-state index in [-0.39, 0.29) is 19.5 Å². The second-order valence-electron chi connectivity index (χ2n) is 4.36. The van der Waals surface area contributed by atoms with E-state index in [0.717, 1.165) is 0 Å². The van der Waals surface area contributed by atoms with Gasteiger partial charge in [-0.05, 0) is 23.9 Å². The van der Waals surface area contributed by atoms with E-state index in [1.807, 2.05) is 0 Å². The largest absolute Gasteiger partial charge is 2.00 e. The number of hydrogen-bond acceptors (Lipinski definition) is 4. The fraction of sp³-hybridized carbons (Fsp3) is 0.143. The molecule has 0 amide bonds. The van der Waals surface area contributed by atoms with Gasteiger partial charge in [0, 0.05) is 14.7 Å². The molecule has 108 valence electrons. The van der Waals surface area contributed by atoms with Crippen molar-refractivity contribution in [3.05, 3.63) is 60.7 Å². The van der Waals surface area contributed by atoms with E-state index in [1.165, 1.54) is 13.3 Å². The minimum absolute atomic E-state index is 0. The van der Waals surface area contributed by atoms with Gasteiger partial charge < -0.3 is 18.9 Å². The average molecular weight is 376 g/mol. The van der Waals surface area contributed by atoms with Gasteiger partial charge in [0.15, 0.2) is 0 Å². The van der Waals surface area contributed by atoms with Gasteiger partial charge in [0.25, 0.3) is 0 Å². The Morgan fingerprint density at radius 1 is 0.667 bits per heavy atom. The van der Waals surface area contributed by atoms with E-state index >= 15 is 0 Å². The van der Waals surface area contributed by atoms with Gasteiger partial charge in [-0.2, -0.15) is 0 Å². The van der Waals surface area contributed by atoms with Crippen molar-refractivity contribution in [1.82, 2.24) is 0 Å². The van der Waals surface area contributed by atoms with E-state index in [9.17, 15) is 18.9 Å². The van der Waals surface area contributed by atoms with Crippen LogP contribution in [0.3, 0.4) is 0 Å². The standard InChI is InChI=1S/2C7H9O2P.Zn/c2*1-10(8,9)7-5-3-2-4-6-7;/h2*2-6H,1H3,(H,8,9);/q;;+2/p-2. The molecule has 0 aliphatic rings. The van der Waals surface area contributed by atoms with Crippen molar-refractivity contribution in [2.75, 3.05) is 13.3 Å². The molecule has 0 saturated heterocycles. The molecule has 0 heterocycles. The van der Waals surface area contributed by atoms with Crippen molar-refractivity contribution >= 4 is 25.3 Å². The Morgan fingerprint density at radius 2 is 0.905 bits per heavy atom. The predicted molar refractivity (Wildman–Crippen MR) is 79.2 cm³/mol. The zero-order chi connectivity index (χ0) is 15.2. The van der Waals surface area contributed by atoms with Crippen molar-refractivity contribution in [1.29, 1.82) is 0 Å². The molecule has 7 heteroatoms. The van der Waals surface area contributed by atoms with Gasteiger partial charge >= 0.3 is 19.5 Å². The first-order valence-electron chi connectivity index (χ1n) is 5.89. The summed E-state index contributed by atoms with van der Waals surface area (Å²) in [5.74, 6) is 0. The van der Waals surface area contributed by atoms with E-state index in [4.69, 9.17) is 0 Å². The molecule has 0 radical (unpaired) electrons. The van der Waals surface area contributed by atoms with Crippen LogP contribution in [-0.2, 0) is 28.6 Å². The fourth-order valence-electron chi connectivity index (χ4n) is 1.40. The molecule has 2 rings (SSSR count). The second-order valence-corrected chi connectivity index (χ2v) is 8.78. The fourth-order valence-corrected chi connectivity index (χ4v) is 2.82. The maximum atomic E-state index is 10.9. The maximum absolute atomic E-state index is 10.9. The summed E-state index contributed by atoms with van der Waals surface area (Å²) in [6.45, 7) is 2.45. The van der Waals surface area contributed by atoms with Crippen LogP contribution in [0.25, 0.3) is 0 Å². The number of benzene rings is 2. The van der Waals surface area contributed by atoms with Crippen molar-refractivity contribution in [3.8, 4) is 0 Å². The SMILES string of the molecule is CP(=O)([O-])c1ccccc1.CP(=O)([O-])c1ccccc1.[Zn+2]. The zero-order valence-corrected chi connectivity index (χ0v) is 16.8. The minimum atomic E-state index is -3.27. The minimum Gasteiger partial charge on any atom is -0.796 e. The Labute approximate surface area is 137 Å². The van der Waals surface area contributed by atoms with Crippen LogP contribution in [0.5, 0.6) is 0 Å². The summed E-state index contributed by atoms with van der Waals surface area (Å²) in [4.78, 5) is 21.7. The van der Waals surface area contributed by atoms with Crippen molar-refractivity contribution in [2.24, 2.45) is 0 Å². The smallest absolute Gasteiger partial charge is 0.796 e. The first-order chi connectivity index (χ1) is 9.21. The molecule has 0 bridgehead atoms. The van der Waals surface area contributed by atoms with E-state index in [1.54, 1.807) is 60.7 Å². The third kappa shape index (κ3) is 7.86. The zero-order valence-electron chi connectivity index (χ0n) is 12.0. The van der Waals surface area contributed by atoms with Crippen molar-refractivity contribution < 1.29 is 38.4 Å². The predicted octanol–water partition coefficient (Wildman–Crippen LogP) is 1.16. The molecule has 0 N–H and O–H groups in total. The maximum Gasteiger partial charge on any atom is 2.00 e. The van der Waals surface area contributed by atoms with Gasteiger partial charge in [0.2, 0.25) is 0 Å². The van der Waals surface area contributed by atoms with Crippen LogP contribution in [0.1, 0.15) is 0 Å². The monoisotopic (exact) mass is 374 g/mol. The first kappa shape index (κ1) is 20.4. The Hall–Kier alpha value is -0.557. The Morgan fingerprint density at radius 3 is 1.05 bits per heavy atom. The first-order valence-corrected chi connectivity index (χ1v) is 10.0. The summed E-state index contributed by atoms with van der Waals surface area (Å²) in [5, 5.41) is 0.796. The summed E-state index contributed by atoms with van der Waals surface area (Å²) in [5.41, 5.74) is 0. The molecule has 0 aliphatic heterocycles. The molecule has 2 aromatic rings. The quantitative estimate of drug-likeness (QED) is 0.583. The Balaban J connectivity index is 0.000000364. The van der Waals surface area contributed by atoms with Crippen molar-refractivity contribution in [2.45, 2.75) is 0 Å². The third-order valence-corrected chi connectivity index (χ3v) is 4.92. The molecule has 21 heavy (non-hydrogen) atoms. The Bertz CT molecular complexity index is 562. The van der Waals surface area contributed by atoms with Crippen molar-refractivity contribution in [3.63, 3.8) is 0 Å². The molecule has 0 spiro atoms. The van der Waals surface area contributed by atoms with Gasteiger partial charge in [-0.3, -0.25) is 0 Å². The summed E-state index contributed by atoms with van der Waals surface area (Å²) >= 11 is 0. The van der Waals surface area contributed by atoms with Crippen LogP contribution in [0, 0.1) is 0 Å². The van der Waals surface area contributed by atoms with Crippen LogP contribution in [0.2, 0.25) is 0 Å². The normalized spacial score (nSPS) is 15.4. The molecule has 2 unspecified atom stereocenters. The van der Waals surface area contributed by atoms with E-state index in [0.29, 0.717) is 10.6 Å². The molecule has 0 aromatic heterocycles. The molecule has 2 atom stereocenters. The molecule has 0 fully saturated rings. The summed E-state index contributed by atoms with van der Waals surface area (Å²) in [6, 6.07) is 16.8. The summed E-state index contributed by atoms with van der Waals surface area (Å²) in [6.07, 6.45) is 0. The number of rotatable bonds is 2. The molecule has 4 nitrogen and oxygen atoms in total. The van der Waals surface area contributed by atoms with Gasteiger partial charge in [-0.15, -0.1) is 0 Å². The Kier molecular flexibility index (Phi) is 8.55. The topological polar surface area (TPSA) is 80.3 Å². The van der Waals surface area contributed by atoms with Crippen LogP contribution in [-0.4, -0.2) is 13.3 Å². The summed E-state index contributed by atoms with van der Waals surface area (Å²) < 4.78 is 21.7. The van der Waals surface area contributed by atoms with E-state index < -0.39 is 14.7 Å². The van der Waals surface area contributed by atoms with Gasteiger partial charge in [-0.25, -0.2) is 0 Å². The molecular formula is C14H16O4P2Zn. The van der Waals surface area contributed by atoms with Crippen LogP contribution >= 0.6 is 14.7 Å². The second kappa shape index (κ2) is 8.78. The van der Waals surface area contributed by atoms with Gasteiger partial charge in [-0.1, -0.05) is 60.7 Å². The molecule has 0 aliphatic carbocycles. The van der Waals surface area contributed by atoms with Crippen LogP contribution in [0.4, 0.5) is 0 Å². The molecular weight excluding hydrogens is 359 g/mol. The van der Waals surface area contributed by atoms with Crippen LogP contribution < -0.4 is 20.4 Å². The molecule has 2 aromatic carbocycles. The average Bonchev–Trinajstić information content (AvgIpc) is 2.40. The van der Waals surface area contributed by atoms with Crippen LogP contribution in [0.15, 0.2) is 60.7 Å². The van der Waals surface area contributed by atoms with Gasteiger partial charge in [0.1, 0.15) is 0 Å². The third-order valence-electron chi connectivity index (χ3n) is 2.45. The summed E-state index contributed by atoms with van der Waals surface area (Å²) in [7, 11) is -6.54. The van der Waals surface area contributed by atoms with E-state index in [2.05, 4.69) is 0 Å². The van der Waals surface area contributed by atoms with Gasteiger partial charge in [0.05, 0.1) is 0 Å².